The minimum absolute atomic E-state index is 0.0500. The third-order valence-electron chi connectivity index (χ3n) is 3.09. The molecule has 0 aliphatic heterocycles. The molecule has 0 aromatic carbocycles. The fourth-order valence-corrected chi connectivity index (χ4v) is 2.17. The number of halogens is 3. The third kappa shape index (κ3) is 3.48. The Balaban J connectivity index is 2.91. The predicted molar refractivity (Wildman–Crippen MR) is 64.3 cm³/mol. The van der Waals surface area contributed by atoms with Gasteiger partial charge in [-0.15, -0.1) is 0 Å². The number of hydrogen-bond donors (Lipinski definition) is 1. The van der Waals surface area contributed by atoms with Crippen molar-refractivity contribution in [2.75, 3.05) is 7.05 Å². The van der Waals surface area contributed by atoms with E-state index in [0.717, 1.165) is 25.3 Å². The number of aromatic nitrogens is 2. The molecule has 3 nitrogen and oxygen atoms in total. The van der Waals surface area contributed by atoms with Crippen molar-refractivity contribution in [2.45, 2.75) is 51.4 Å². The molecule has 1 N–H and O–H groups in total. The van der Waals surface area contributed by atoms with Crippen molar-refractivity contribution in [3.05, 3.63) is 18.0 Å². The normalized spacial score (nSPS) is 15.7. The largest absolute Gasteiger partial charge is 0.435 e. The van der Waals surface area contributed by atoms with Gasteiger partial charge in [-0.3, -0.25) is 4.68 Å². The Hall–Kier alpha value is -1.04. The van der Waals surface area contributed by atoms with Gasteiger partial charge in [0.05, 0.1) is 6.04 Å². The van der Waals surface area contributed by atoms with Crippen molar-refractivity contribution in [2.24, 2.45) is 0 Å². The van der Waals surface area contributed by atoms with E-state index in [2.05, 4.69) is 17.3 Å². The van der Waals surface area contributed by atoms with Crippen molar-refractivity contribution in [3.8, 4) is 0 Å². The average molecular weight is 263 g/mol. The summed E-state index contributed by atoms with van der Waals surface area (Å²) in [6, 6.07) is 1.12. The standard InChI is InChI=1S/C12H20F3N3/c1-4-6-9(16-3)10(5-2)18-8-7-11(17-18)12(13,14)15/h7-10,16H,4-6H2,1-3H3. The van der Waals surface area contributed by atoms with Gasteiger partial charge in [0.1, 0.15) is 0 Å². The molecule has 0 aliphatic rings. The number of rotatable bonds is 6. The van der Waals surface area contributed by atoms with Crippen LogP contribution < -0.4 is 5.32 Å². The second kappa shape index (κ2) is 6.22. The van der Waals surface area contributed by atoms with Crippen LogP contribution in [0.25, 0.3) is 0 Å². The molecule has 0 fully saturated rings. The lowest BCUT2D eigenvalue weighted by Gasteiger charge is -2.26. The molecule has 1 aromatic rings. The maximum Gasteiger partial charge on any atom is 0.435 e. The molecule has 18 heavy (non-hydrogen) atoms. The van der Waals surface area contributed by atoms with Crippen LogP contribution in [0.1, 0.15) is 44.8 Å². The summed E-state index contributed by atoms with van der Waals surface area (Å²) in [7, 11) is 1.83. The number of hydrogen-bond acceptors (Lipinski definition) is 2. The number of alkyl halides is 3. The lowest BCUT2D eigenvalue weighted by Crippen LogP contribution is -2.35. The first-order valence-electron chi connectivity index (χ1n) is 6.23. The second-order valence-corrected chi connectivity index (χ2v) is 4.34. The summed E-state index contributed by atoms with van der Waals surface area (Å²) in [5, 5.41) is 6.81. The molecule has 0 aliphatic carbocycles. The molecular formula is C12H20F3N3. The smallest absolute Gasteiger partial charge is 0.315 e. The van der Waals surface area contributed by atoms with E-state index < -0.39 is 11.9 Å². The summed E-state index contributed by atoms with van der Waals surface area (Å²) in [6.07, 6.45) is -0.323. The molecule has 1 rings (SSSR count). The molecule has 1 aromatic heterocycles. The second-order valence-electron chi connectivity index (χ2n) is 4.34. The quantitative estimate of drug-likeness (QED) is 0.854. The van der Waals surface area contributed by atoms with Crippen molar-refractivity contribution in [1.82, 2.24) is 15.1 Å². The van der Waals surface area contributed by atoms with Crippen LogP contribution in [0.15, 0.2) is 12.3 Å². The molecule has 6 heteroatoms. The Morgan fingerprint density at radius 2 is 2.06 bits per heavy atom. The summed E-state index contributed by atoms with van der Waals surface area (Å²) in [5.74, 6) is 0. The van der Waals surface area contributed by atoms with E-state index >= 15 is 0 Å². The Labute approximate surface area is 105 Å². The Bertz CT molecular complexity index is 360. The predicted octanol–water partition coefficient (Wildman–Crippen LogP) is 3.24. The molecule has 0 amide bonds. The number of nitrogens with zero attached hydrogens (tertiary/aromatic N) is 2. The van der Waals surface area contributed by atoms with Gasteiger partial charge in [-0.25, -0.2) is 0 Å². The van der Waals surface area contributed by atoms with Gasteiger partial charge >= 0.3 is 6.18 Å². The fourth-order valence-electron chi connectivity index (χ4n) is 2.17. The SMILES string of the molecule is CCCC(NC)C(CC)n1ccc(C(F)(F)F)n1. The van der Waals surface area contributed by atoms with Gasteiger partial charge in [0.15, 0.2) is 5.69 Å². The van der Waals surface area contributed by atoms with Gasteiger partial charge in [-0.2, -0.15) is 18.3 Å². The summed E-state index contributed by atoms with van der Waals surface area (Å²) in [4.78, 5) is 0. The van der Waals surface area contributed by atoms with E-state index in [1.807, 2.05) is 14.0 Å². The Kier molecular flexibility index (Phi) is 5.19. The van der Waals surface area contributed by atoms with Gasteiger partial charge in [0.2, 0.25) is 0 Å². The van der Waals surface area contributed by atoms with E-state index in [4.69, 9.17) is 0 Å². The van der Waals surface area contributed by atoms with Gasteiger partial charge in [0, 0.05) is 12.2 Å². The highest BCUT2D eigenvalue weighted by molar-refractivity contribution is 5.04. The Morgan fingerprint density at radius 3 is 2.44 bits per heavy atom. The zero-order valence-corrected chi connectivity index (χ0v) is 11.0. The van der Waals surface area contributed by atoms with Crippen LogP contribution in [0.4, 0.5) is 13.2 Å². The topological polar surface area (TPSA) is 29.9 Å². The van der Waals surface area contributed by atoms with Crippen molar-refractivity contribution < 1.29 is 13.2 Å². The highest BCUT2D eigenvalue weighted by atomic mass is 19.4. The number of nitrogens with one attached hydrogen (secondary N) is 1. The zero-order chi connectivity index (χ0) is 13.8. The first kappa shape index (κ1) is 15.0. The molecule has 0 saturated carbocycles. The molecule has 0 saturated heterocycles. The maximum atomic E-state index is 12.5. The molecule has 0 spiro atoms. The third-order valence-corrected chi connectivity index (χ3v) is 3.09. The Morgan fingerprint density at radius 1 is 1.39 bits per heavy atom. The lowest BCUT2D eigenvalue weighted by atomic mass is 10.0. The molecule has 2 unspecified atom stereocenters. The van der Waals surface area contributed by atoms with E-state index in [1.165, 1.54) is 10.9 Å². The summed E-state index contributed by atoms with van der Waals surface area (Å²) >= 11 is 0. The van der Waals surface area contributed by atoms with Crippen LogP contribution in [0.2, 0.25) is 0 Å². The molecule has 2 atom stereocenters. The molecule has 104 valence electrons. The van der Waals surface area contributed by atoms with Crippen molar-refractivity contribution >= 4 is 0 Å². The zero-order valence-electron chi connectivity index (χ0n) is 11.0. The van der Waals surface area contributed by atoms with Crippen LogP contribution in [0.3, 0.4) is 0 Å². The van der Waals surface area contributed by atoms with E-state index in [1.54, 1.807) is 0 Å². The maximum absolute atomic E-state index is 12.5. The van der Waals surface area contributed by atoms with Crippen LogP contribution in [-0.4, -0.2) is 22.9 Å². The van der Waals surface area contributed by atoms with Gasteiger partial charge < -0.3 is 5.32 Å². The highest BCUT2D eigenvalue weighted by Gasteiger charge is 2.34. The highest BCUT2D eigenvalue weighted by Crippen LogP contribution is 2.29. The molecule has 0 radical (unpaired) electrons. The lowest BCUT2D eigenvalue weighted by molar-refractivity contribution is -0.141. The van der Waals surface area contributed by atoms with Crippen LogP contribution in [-0.2, 0) is 6.18 Å². The van der Waals surface area contributed by atoms with Gasteiger partial charge in [-0.1, -0.05) is 20.3 Å². The van der Waals surface area contributed by atoms with Crippen LogP contribution in [0.5, 0.6) is 0 Å². The van der Waals surface area contributed by atoms with E-state index in [0.29, 0.717) is 0 Å². The first-order chi connectivity index (χ1) is 8.43. The summed E-state index contributed by atoms with van der Waals surface area (Å²) in [6.45, 7) is 4.01. The fraction of sp³-hybridized carbons (Fsp3) is 0.750. The van der Waals surface area contributed by atoms with Crippen molar-refractivity contribution in [3.63, 3.8) is 0 Å². The van der Waals surface area contributed by atoms with Crippen LogP contribution >= 0.6 is 0 Å². The van der Waals surface area contributed by atoms with Gasteiger partial charge in [-0.05, 0) is 26.0 Å². The molecular weight excluding hydrogens is 243 g/mol. The average Bonchev–Trinajstić information content (AvgIpc) is 2.78. The van der Waals surface area contributed by atoms with Crippen molar-refractivity contribution in [1.29, 1.82) is 0 Å². The van der Waals surface area contributed by atoms with E-state index in [-0.39, 0.29) is 12.1 Å². The molecule has 0 bridgehead atoms. The van der Waals surface area contributed by atoms with E-state index in [9.17, 15) is 13.2 Å². The minimum atomic E-state index is -4.37. The monoisotopic (exact) mass is 263 g/mol. The summed E-state index contributed by atoms with van der Waals surface area (Å²) < 4.78 is 39.0. The summed E-state index contributed by atoms with van der Waals surface area (Å²) in [5.41, 5.74) is -0.827. The molecule has 1 heterocycles. The van der Waals surface area contributed by atoms with Gasteiger partial charge in [0.25, 0.3) is 0 Å². The number of likely N-dealkylation sites (N-methyl/N-ethyl adjacent to an activating group) is 1. The minimum Gasteiger partial charge on any atom is -0.315 e. The first-order valence-corrected chi connectivity index (χ1v) is 6.23. The van der Waals surface area contributed by atoms with Crippen LogP contribution in [0, 0.1) is 0 Å².